The Bertz CT molecular complexity index is 3780. The van der Waals surface area contributed by atoms with Gasteiger partial charge in [-0.3, -0.25) is 0 Å². The van der Waals surface area contributed by atoms with Crippen molar-refractivity contribution in [2.24, 2.45) is 0 Å². The van der Waals surface area contributed by atoms with Gasteiger partial charge < -0.3 is 19.6 Å². The Kier molecular flexibility index (Phi) is 10.2. The number of nitrogens with zero attached hydrogens (tertiary/aromatic N) is 4. The van der Waals surface area contributed by atoms with Crippen molar-refractivity contribution in [3.63, 3.8) is 0 Å². The molecule has 6 aliphatic rings. The van der Waals surface area contributed by atoms with Crippen LogP contribution in [0.3, 0.4) is 0 Å². The quantitative estimate of drug-likeness (QED) is 0.154. The summed E-state index contributed by atoms with van der Waals surface area (Å²) in [6.45, 7) is 12.1. The van der Waals surface area contributed by atoms with E-state index in [4.69, 9.17) is 0 Å². The van der Waals surface area contributed by atoms with E-state index in [1.54, 1.807) is 0 Å². The van der Waals surface area contributed by atoms with Gasteiger partial charge in [0, 0.05) is 67.7 Å². The molecule has 0 N–H and O–H groups in total. The van der Waals surface area contributed by atoms with Crippen LogP contribution in [0.15, 0.2) is 218 Å². The van der Waals surface area contributed by atoms with Gasteiger partial charge in [-0.15, -0.1) is 0 Å². The number of para-hydroxylation sites is 4. The number of hydrogen-bond acceptors (Lipinski definition) is 4. The molecule has 4 heterocycles. The van der Waals surface area contributed by atoms with Gasteiger partial charge in [0.25, 0.3) is 6.71 Å². The maximum absolute atomic E-state index is 2.80. The maximum atomic E-state index is 2.80. The second kappa shape index (κ2) is 16.9. The molecule has 0 amide bonds. The number of hydrogen-bond donors (Lipinski definition) is 0. The molecule has 0 saturated heterocycles. The topological polar surface area (TPSA) is 13.0 Å². The normalized spacial score (nSPS) is 23.6. The summed E-state index contributed by atoms with van der Waals surface area (Å²) in [6.07, 6.45) is 9.25. The molecule has 4 atom stereocenters. The van der Waals surface area contributed by atoms with Crippen molar-refractivity contribution in [3.05, 3.63) is 246 Å². The average Bonchev–Trinajstić information content (AvgIpc) is 4.13. The third-order valence-electron chi connectivity index (χ3n) is 20.0. The highest BCUT2D eigenvalue weighted by Crippen LogP contribution is 2.66. The van der Waals surface area contributed by atoms with Crippen LogP contribution < -0.4 is 36.0 Å². The summed E-state index contributed by atoms with van der Waals surface area (Å²) in [4.78, 5) is 10.8. The first kappa shape index (κ1) is 46.5. The molecule has 2 aliphatic carbocycles. The van der Waals surface area contributed by atoms with E-state index >= 15 is 0 Å². The van der Waals surface area contributed by atoms with Crippen molar-refractivity contribution in [2.45, 2.75) is 113 Å². The van der Waals surface area contributed by atoms with Gasteiger partial charge in [-0.05, 0) is 162 Å². The Hall–Kier alpha value is -7.76. The van der Waals surface area contributed by atoms with Crippen LogP contribution in [-0.2, 0) is 16.2 Å². The second-order valence-electron chi connectivity index (χ2n) is 24.6. The zero-order valence-corrected chi connectivity index (χ0v) is 45.3. The molecule has 0 radical (unpaired) electrons. The fourth-order valence-electron chi connectivity index (χ4n) is 16.7. The standard InChI is InChI=1S/C72H67BN4/c1-68(2,3)50-37-39-54(40-38-50)75-64-42-41-55(76-61-34-18-15-31-57(61)71(51-25-9-6-10-26-51)45-23-21-43-69(71,76)4)47-60(64)73-59-33-17-20-36-63(59)74(53-29-13-8-14-30-53)65-48-56(49-66(75)67(65)73)77-62-35-19-16-32-58(62)72(52-27-11-7-12-28-52)46-24-22-44-70(72,77)5/h6-20,25-42,47-49H,21-24,43-46H2,1-5H3. The van der Waals surface area contributed by atoms with Gasteiger partial charge in [0.05, 0.1) is 11.1 Å². The second-order valence-corrected chi connectivity index (χ2v) is 24.6. The molecule has 4 aliphatic heterocycles. The fourth-order valence-corrected chi connectivity index (χ4v) is 16.7. The first-order chi connectivity index (χ1) is 37.6. The summed E-state index contributed by atoms with van der Waals surface area (Å²) in [5.74, 6) is 0. The highest BCUT2D eigenvalue weighted by Gasteiger charge is 2.63. The van der Waals surface area contributed by atoms with E-state index in [1.807, 2.05) is 0 Å². The molecule has 9 aromatic carbocycles. The summed E-state index contributed by atoms with van der Waals surface area (Å²) in [5, 5.41) is 0. The smallest absolute Gasteiger partial charge is 0.252 e. The van der Waals surface area contributed by atoms with Gasteiger partial charge in [-0.1, -0.05) is 192 Å². The lowest BCUT2D eigenvalue weighted by molar-refractivity contribution is 0.215. The molecule has 0 aromatic heterocycles. The number of rotatable bonds is 6. The van der Waals surface area contributed by atoms with Crippen molar-refractivity contribution >= 4 is 80.0 Å². The highest BCUT2D eigenvalue weighted by molar-refractivity contribution is 7.00. The van der Waals surface area contributed by atoms with E-state index in [2.05, 4.69) is 273 Å². The molecule has 77 heavy (non-hydrogen) atoms. The molecule has 9 aromatic rings. The minimum Gasteiger partial charge on any atom is -0.334 e. The van der Waals surface area contributed by atoms with E-state index in [0.717, 1.165) is 25.7 Å². The zero-order valence-electron chi connectivity index (χ0n) is 45.3. The lowest BCUT2D eigenvalue weighted by Crippen LogP contribution is -2.62. The van der Waals surface area contributed by atoms with E-state index in [1.165, 1.54) is 127 Å². The Morgan fingerprint density at radius 1 is 0.364 bits per heavy atom. The van der Waals surface area contributed by atoms with E-state index in [0.29, 0.717) is 0 Å². The van der Waals surface area contributed by atoms with Gasteiger partial charge in [0.1, 0.15) is 0 Å². The molecule has 2 fully saturated rings. The minimum absolute atomic E-state index is 0.0113. The predicted octanol–water partition coefficient (Wildman–Crippen LogP) is 16.6. The van der Waals surface area contributed by atoms with Gasteiger partial charge in [0.15, 0.2) is 0 Å². The molecule has 4 nitrogen and oxygen atoms in total. The van der Waals surface area contributed by atoms with Crippen LogP contribution >= 0.6 is 0 Å². The third-order valence-corrected chi connectivity index (χ3v) is 20.0. The molecular formula is C72H67BN4. The van der Waals surface area contributed by atoms with Crippen molar-refractivity contribution in [1.82, 2.24) is 0 Å². The Balaban J connectivity index is 1.01. The third kappa shape index (κ3) is 6.29. The van der Waals surface area contributed by atoms with Crippen molar-refractivity contribution in [1.29, 1.82) is 0 Å². The molecule has 4 unspecified atom stereocenters. The van der Waals surface area contributed by atoms with Crippen LogP contribution in [0.25, 0.3) is 0 Å². The number of fused-ring (bicyclic) bond motifs is 10. The molecule has 5 heteroatoms. The molecule has 0 spiro atoms. The SMILES string of the molecule is CC(C)(C)c1ccc(N2c3ccc(N4c5ccccc5C5(c6ccccc6)CCCCC45C)cc3B3c4ccccc4N(c4ccccc4)c4cc(N5c6ccccc6C6(c7ccccc7)CCCCC56C)cc2c43)cc1. The molecule has 0 bridgehead atoms. The van der Waals surface area contributed by atoms with Crippen LogP contribution in [0.4, 0.5) is 56.9 Å². The van der Waals surface area contributed by atoms with Crippen molar-refractivity contribution < 1.29 is 0 Å². The van der Waals surface area contributed by atoms with Crippen molar-refractivity contribution in [3.8, 4) is 0 Å². The van der Waals surface area contributed by atoms with Crippen LogP contribution in [0.5, 0.6) is 0 Å². The molecule has 2 saturated carbocycles. The first-order valence-electron chi connectivity index (χ1n) is 28.6. The van der Waals surface area contributed by atoms with Gasteiger partial charge in [-0.25, -0.2) is 0 Å². The van der Waals surface area contributed by atoms with Gasteiger partial charge >= 0.3 is 0 Å². The van der Waals surface area contributed by atoms with Crippen LogP contribution in [0.2, 0.25) is 0 Å². The average molecular weight is 999 g/mol. The molecule has 15 rings (SSSR count). The van der Waals surface area contributed by atoms with E-state index in [-0.39, 0.29) is 34.0 Å². The van der Waals surface area contributed by atoms with Crippen molar-refractivity contribution in [2.75, 3.05) is 19.6 Å². The number of anilines is 10. The zero-order chi connectivity index (χ0) is 51.9. The van der Waals surface area contributed by atoms with Gasteiger partial charge in [0.2, 0.25) is 0 Å². The molecular weight excluding hydrogens is 932 g/mol. The summed E-state index contributed by atoms with van der Waals surface area (Å²) in [5.41, 5.74) is 22.8. The Morgan fingerprint density at radius 2 is 0.792 bits per heavy atom. The van der Waals surface area contributed by atoms with E-state index < -0.39 is 0 Å². The van der Waals surface area contributed by atoms with Crippen LogP contribution in [-0.4, -0.2) is 17.8 Å². The summed E-state index contributed by atoms with van der Waals surface area (Å²) < 4.78 is 0. The predicted molar refractivity (Wildman–Crippen MR) is 325 cm³/mol. The minimum atomic E-state index is -0.238. The summed E-state index contributed by atoms with van der Waals surface area (Å²) >= 11 is 0. The lowest BCUT2D eigenvalue weighted by atomic mass is 9.33. The Morgan fingerprint density at radius 3 is 1.34 bits per heavy atom. The van der Waals surface area contributed by atoms with Crippen LogP contribution in [0.1, 0.15) is 114 Å². The summed E-state index contributed by atoms with van der Waals surface area (Å²) in [6, 6.07) is 84.6. The maximum Gasteiger partial charge on any atom is 0.252 e. The van der Waals surface area contributed by atoms with E-state index in [9.17, 15) is 0 Å². The Labute approximate surface area is 456 Å². The monoisotopic (exact) mass is 999 g/mol. The first-order valence-corrected chi connectivity index (χ1v) is 28.6. The highest BCUT2D eigenvalue weighted by atomic mass is 15.3. The largest absolute Gasteiger partial charge is 0.334 e. The molecule has 378 valence electrons. The van der Waals surface area contributed by atoms with Gasteiger partial charge in [-0.2, -0.15) is 0 Å². The summed E-state index contributed by atoms with van der Waals surface area (Å²) in [7, 11) is 0. The number of benzene rings is 9. The lowest BCUT2D eigenvalue weighted by Gasteiger charge is -2.53. The van der Waals surface area contributed by atoms with Crippen LogP contribution in [0, 0.1) is 0 Å². The fraction of sp³-hybridized carbons (Fsp3) is 0.250.